The zero-order chi connectivity index (χ0) is 33.6. The zero-order valence-electron chi connectivity index (χ0n) is 27.3. The van der Waals surface area contributed by atoms with Crippen molar-refractivity contribution in [3.05, 3.63) is 131 Å². The maximum atomic E-state index is 13.9. The van der Waals surface area contributed by atoms with Gasteiger partial charge in [-0.3, -0.25) is 14.2 Å². The molecule has 0 bridgehead atoms. The summed E-state index contributed by atoms with van der Waals surface area (Å²) in [5, 5.41) is 5.52. The fourth-order valence-corrected chi connectivity index (χ4v) is 7.44. The molecular weight excluding hydrogens is 611 g/mol. The van der Waals surface area contributed by atoms with Crippen LogP contribution in [0.3, 0.4) is 0 Å². The summed E-state index contributed by atoms with van der Waals surface area (Å²) < 4.78 is 25.2. The number of carbonyl (C=O) groups excluding carboxylic acids is 2. The second kappa shape index (κ2) is 17.5. The van der Waals surface area contributed by atoms with Gasteiger partial charge in [-0.25, -0.2) is 0 Å². The quantitative estimate of drug-likeness (QED) is 0.114. The van der Waals surface area contributed by atoms with Crippen molar-refractivity contribution < 1.29 is 28.5 Å². The number of ether oxygens (including phenoxy) is 2. The smallest absolute Gasteiger partial charge is 0.242 e. The van der Waals surface area contributed by atoms with Gasteiger partial charge in [-0.15, -0.1) is 0 Å². The molecule has 0 saturated heterocycles. The second-order valence-electron chi connectivity index (χ2n) is 11.8. The van der Waals surface area contributed by atoms with Gasteiger partial charge >= 0.3 is 0 Å². The maximum Gasteiger partial charge on any atom is 0.242 e. The molecule has 8 nitrogen and oxygen atoms in total. The Morgan fingerprint density at radius 3 is 1.94 bits per heavy atom. The van der Waals surface area contributed by atoms with Crippen molar-refractivity contribution >= 4 is 19.2 Å². The number of para-hydroxylation sites is 1. The predicted molar refractivity (Wildman–Crippen MR) is 186 cm³/mol. The zero-order valence-corrected chi connectivity index (χ0v) is 28.2. The minimum atomic E-state index is -3.84. The first-order valence-corrected chi connectivity index (χ1v) is 18.0. The van der Waals surface area contributed by atoms with Gasteiger partial charge in [0.1, 0.15) is 17.5 Å². The van der Waals surface area contributed by atoms with Crippen LogP contribution in [0, 0.1) is 5.92 Å². The van der Waals surface area contributed by atoms with Gasteiger partial charge < -0.3 is 25.0 Å². The molecule has 0 aliphatic rings. The number of likely N-dealkylation sites (N-methyl/N-ethyl adjacent to an activating group) is 1. The summed E-state index contributed by atoms with van der Waals surface area (Å²) in [5.41, 5.74) is 3.85. The van der Waals surface area contributed by atoms with E-state index in [4.69, 9.17) is 9.47 Å². The SMILES string of the molecule is CCC(CC(CP(=O)(O)Cc1ccc(Cc2ccccc2)cc1)C(=O)NC(Cc1ccc(OC)cc1)C(=O)NC)Oc1ccccc1. The Balaban J connectivity index is 1.51. The number of hydrogen-bond donors (Lipinski definition) is 3. The van der Waals surface area contributed by atoms with E-state index < -0.39 is 25.2 Å². The van der Waals surface area contributed by atoms with Gasteiger partial charge in [-0.05, 0) is 65.8 Å². The molecule has 0 fully saturated rings. The van der Waals surface area contributed by atoms with Crippen molar-refractivity contribution in [3.63, 3.8) is 0 Å². The summed E-state index contributed by atoms with van der Waals surface area (Å²) >= 11 is 0. The van der Waals surface area contributed by atoms with Crippen molar-refractivity contribution in [2.45, 2.75) is 50.9 Å². The van der Waals surface area contributed by atoms with Gasteiger partial charge in [0.15, 0.2) is 0 Å². The van der Waals surface area contributed by atoms with E-state index in [0.29, 0.717) is 17.9 Å². The van der Waals surface area contributed by atoms with Crippen LogP contribution in [-0.4, -0.2) is 49.2 Å². The van der Waals surface area contributed by atoms with E-state index in [2.05, 4.69) is 22.8 Å². The number of amides is 2. The third-order valence-electron chi connectivity index (χ3n) is 8.11. The number of methoxy groups -OCH3 is 1. The third-order valence-corrected chi connectivity index (χ3v) is 9.98. The first kappa shape index (κ1) is 35.5. The number of rotatable bonds is 17. The fraction of sp³-hybridized carbons (Fsp3) is 0.316. The molecule has 2 amide bonds. The van der Waals surface area contributed by atoms with Crippen molar-refractivity contribution in [1.29, 1.82) is 0 Å². The van der Waals surface area contributed by atoms with Crippen LogP contribution < -0.4 is 20.1 Å². The van der Waals surface area contributed by atoms with E-state index >= 15 is 0 Å². The van der Waals surface area contributed by atoms with Gasteiger partial charge in [-0.2, -0.15) is 0 Å². The lowest BCUT2D eigenvalue weighted by molar-refractivity contribution is -0.131. The molecule has 248 valence electrons. The molecule has 0 saturated carbocycles. The summed E-state index contributed by atoms with van der Waals surface area (Å²) in [6, 6.07) is 33.5. The summed E-state index contributed by atoms with van der Waals surface area (Å²) in [7, 11) is -0.743. The highest BCUT2D eigenvalue weighted by Crippen LogP contribution is 2.47. The van der Waals surface area contributed by atoms with Crippen LogP contribution in [0.25, 0.3) is 0 Å². The normalized spacial score (nSPS) is 14.2. The molecule has 0 aromatic heterocycles. The van der Waals surface area contributed by atoms with Gasteiger partial charge in [0.2, 0.25) is 19.2 Å². The Hall–Kier alpha value is -4.39. The van der Waals surface area contributed by atoms with E-state index in [9.17, 15) is 19.0 Å². The molecule has 0 aliphatic heterocycles. The lowest BCUT2D eigenvalue weighted by Gasteiger charge is -2.27. The van der Waals surface area contributed by atoms with E-state index in [1.54, 1.807) is 19.2 Å². The molecule has 3 N–H and O–H groups in total. The maximum absolute atomic E-state index is 13.9. The van der Waals surface area contributed by atoms with Crippen molar-refractivity contribution in [1.82, 2.24) is 10.6 Å². The van der Waals surface area contributed by atoms with Crippen LogP contribution in [0.5, 0.6) is 11.5 Å². The van der Waals surface area contributed by atoms with Gasteiger partial charge in [0.05, 0.1) is 19.1 Å². The summed E-state index contributed by atoms with van der Waals surface area (Å²) in [6.07, 6.45) is 1.11. The average molecular weight is 657 g/mol. The largest absolute Gasteiger partial charge is 0.497 e. The molecule has 4 aromatic rings. The Bertz CT molecular complexity index is 1600. The molecule has 47 heavy (non-hydrogen) atoms. The number of hydrogen-bond acceptors (Lipinski definition) is 5. The van der Waals surface area contributed by atoms with Crippen LogP contribution in [0.15, 0.2) is 109 Å². The van der Waals surface area contributed by atoms with E-state index in [-0.39, 0.29) is 37.2 Å². The first-order chi connectivity index (χ1) is 22.7. The van der Waals surface area contributed by atoms with Gasteiger partial charge in [0.25, 0.3) is 0 Å². The first-order valence-electron chi connectivity index (χ1n) is 16.0. The number of carbonyl (C=O) groups is 2. The highest BCUT2D eigenvalue weighted by molar-refractivity contribution is 7.57. The standard InChI is InChI=1S/C38H45N2O6P/c1-4-33(46-35-13-9-6-10-14-35)25-32(37(41)40-36(38(42)39-2)24-30-19-21-34(45-3)22-20-30)27-47(43,44)26-31-17-15-29(16-18-31)23-28-11-7-5-8-12-28/h5-22,32-33,36H,4,23-27H2,1-3H3,(H,39,42)(H,40,41)(H,43,44). The molecule has 0 aliphatic carbocycles. The van der Waals surface area contributed by atoms with Crippen LogP contribution in [0.4, 0.5) is 0 Å². The Kier molecular flexibility index (Phi) is 13.2. The van der Waals surface area contributed by atoms with Crippen molar-refractivity contribution in [2.75, 3.05) is 20.3 Å². The summed E-state index contributed by atoms with van der Waals surface area (Å²) in [5.74, 6) is -0.357. The van der Waals surface area contributed by atoms with Crippen LogP contribution in [0.1, 0.15) is 42.0 Å². The topological polar surface area (TPSA) is 114 Å². The highest BCUT2D eigenvalue weighted by atomic mass is 31.2. The van der Waals surface area contributed by atoms with Crippen molar-refractivity contribution in [2.24, 2.45) is 5.92 Å². The van der Waals surface area contributed by atoms with Crippen LogP contribution >= 0.6 is 7.37 Å². The van der Waals surface area contributed by atoms with Gasteiger partial charge in [-0.1, -0.05) is 91.9 Å². The molecule has 4 atom stereocenters. The monoisotopic (exact) mass is 656 g/mol. The molecule has 0 radical (unpaired) electrons. The Labute approximate surface area is 278 Å². The Morgan fingerprint density at radius 2 is 1.34 bits per heavy atom. The number of benzene rings is 4. The van der Waals surface area contributed by atoms with E-state index in [1.165, 1.54) is 12.6 Å². The van der Waals surface area contributed by atoms with Crippen molar-refractivity contribution in [3.8, 4) is 11.5 Å². The summed E-state index contributed by atoms with van der Waals surface area (Å²) in [6.45, 7) is 1.95. The molecule has 9 heteroatoms. The lowest BCUT2D eigenvalue weighted by atomic mass is 9.99. The molecule has 4 rings (SSSR count). The van der Waals surface area contributed by atoms with E-state index in [0.717, 1.165) is 23.1 Å². The fourth-order valence-electron chi connectivity index (χ4n) is 5.53. The third kappa shape index (κ3) is 11.4. The average Bonchev–Trinajstić information content (AvgIpc) is 3.08. The Morgan fingerprint density at radius 1 is 0.766 bits per heavy atom. The molecule has 4 aromatic carbocycles. The molecule has 4 unspecified atom stereocenters. The second-order valence-corrected chi connectivity index (χ2v) is 14.2. The minimum absolute atomic E-state index is 0.0660. The molecule has 0 heterocycles. The lowest BCUT2D eigenvalue weighted by Crippen LogP contribution is -2.49. The van der Waals surface area contributed by atoms with Crippen LogP contribution in [0.2, 0.25) is 0 Å². The number of nitrogens with one attached hydrogen (secondary N) is 2. The molecule has 0 spiro atoms. The van der Waals surface area contributed by atoms with Gasteiger partial charge in [0, 0.05) is 25.8 Å². The minimum Gasteiger partial charge on any atom is -0.497 e. The predicted octanol–water partition coefficient (Wildman–Crippen LogP) is 6.39. The highest BCUT2D eigenvalue weighted by Gasteiger charge is 2.33. The van der Waals surface area contributed by atoms with Crippen LogP contribution in [-0.2, 0) is 33.2 Å². The summed E-state index contributed by atoms with van der Waals surface area (Å²) in [4.78, 5) is 38.1. The molecular formula is C38H45N2O6P. The van der Waals surface area contributed by atoms with E-state index in [1.807, 2.05) is 91.9 Å².